The number of carbonyl (C=O) groups is 1. The van der Waals surface area contributed by atoms with Gasteiger partial charge in [0.15, 0.2) is 0 Å². The summed E-state index contributed by atoms with van der Waals surface area (Å²) in [6.07, 6.45) is 6.32. The molecule has 0 bridgehead atoms. The molecular weight excluding hydrogens is 272 g/mol. The second kappa shape index (κ2) is 6.98. The maximum absolute atomic E-state index is 12.0. The van der Waals surface area contributed by atoms with Crippen LogP contribution in [0.4, 0.5) is 5.69 Å². The van der Waals surface area contributed by atoms with Crippen molar-refractivity contribution in [2.45, 2.75) is 39.0 Å². The smallest absolute Gasteiger partial charge is 0.252 e. The molecule has 0 spiro atoms. The van der Waals surface area contributed by atoms with Crippen LogP contribution in [0.2, 0.25) is 5.02 Å². The highest BCUT2D eigenvalue weighted by molar-refractivity contribution is 6.34. The Morgan fingerprint density at radius 3 is 2.95 bits per heavy atom. The van der Waals surface area contributed by atoms with Gasteiger partial charge in [0.25, 0.3) is 5.91 Å². The van der Waals surface area contributed by atoms with Gasteiger partial charge in [0.05, 0.1) is 10.6 Å². The Morgan fingerprint density at radius 1 is 1.45 bits per heavy atom. The predicted molar refractivity (Wildman–Crippen MR) is 83.9 cm³/mol. The lowest BCUT2D eigenvalue weighted by Gasteiger charge is -2.26. The minimum Gasteiger partial charge on any atom is -0.399 e. The van der Waals surface area contributed by atoms with Gasteiger partial charge in [0, 0.05) is 12.2 Å². The minimum atomic E-state index is -0.112. The van der Waals surface area contributed by atoms with E-state index in [0.29, 0.717) is 16.3 Å². The number of nitrogen functional groups attached to an aromatic ring is 1. The van der Waals surface area contributed by atoms with Gasteiger partial charge in [0.2, 0.25) is 0 Å². The summed E-state index contributed by atoms with van der Waals surface area (Å²) in [5.41, 5.74) is 6.69. The molecule has 0 radical (unpaired) electrons. The highest BCUT2D eigenvalue weighted by Crippen LogP contribution is 2.30. The number of anilines is 1. The van der Waals surface area contributed by atoms with Crippen LogP contribution in [0.15, 0.2) is 18.2 Å². The van der Waals surface area contributed by atoms with Crippen molar-refractivity contribution in [3.05, 3.63) is 28.8 Å². The average molecular weight is 295 g/mol. The maximum atomic E-state index is 12.0. The van der Waals surface area contributed by atoms with Crippen LogP contribution in [-0.2, 0) is 0 Å². The fourth-order valence-electron chi connectivity index (χ4n) is 3.02. The summed E-state index contributed by atoms with van der Waals surface area (Å²) in [6, 6.07) is 4.98. The molecule has 4 heteroatoms. The molecule has 20 heavy (non-hydrogen) atoms. The highest BCUT2D eigenvalue weighted by Gasteiger charge is 2.19. The first-order valence-corrected chi connectivity index (χ1v) is 7.77. The topological polar surface area (TPSA) is 55.1 Å². The molecule has 2 rings (SSSR count). The summed E-state index contributed by atoms with van der Waals surface area (Å²) >= 11 is 6.03. The molecule has 3 nitrogen and oxygen atoms in total. The van der Waals surface area contributed by atoms with E-state index in [-0.39, 0.29) is 5.91 Å². The van der Waals surface area contributed by atoms with Gasteiger partial charge in [-0.15, -0.1) is 0 Å². The van der Waals surface area contributed by atoms with Crippen molar-refractivity contribution < 1.29 is 4.79 Å². The molecule has 0 aromatic heterocycles. The Labute approximate surface area is 125 Å². The van der Waals surface area contributed by atoms with E-state index < -0.39 is 0 Å². The molecule has 2 unspecified atom stereocenters. The minimum absolute atomic E-state index is 0.112. The summed E-state index contributed by atoms with van der Waals surface area (Å²) in [7, 11) is 0. The van der Waals surface area contributed by atoms with Crippen LogP contribution in [0.5, 0.6) is 0 Å². The number of hydrogen-bond acceptors (Lipinski definition) is 2. The summed E-state index contributed by atoms with van der Waals surface area (Å²) in [5.74, 6) is 1.47. The molecule has 1 aliphatic carbocycles. The lowest BCUT2D eigenvalue weighted by molar-refractivity contribution is 0.0950. The van der Waals surface area contributed by atoms with E-state index in [1.165, 1.54) is 25.7 Å². The fraction of sp³-hybridized carbons (Fsp3) is 0.562. The number of nitrogens with one attached hydrogen (secondary N) is 1. The first kappa shape index (κ1) is 15.2. The zero-order chi connectivity index (χ0) is 14.5. The number of nitrogens with two attached hydrogens (primary N) is 1. The molecule has 2 atom stereocenters. The van der Waals surface area contributed by atoms with Gasteiger partial charge in [-0.2, -0.15) is 0 Å². The number of benzene rings is 1. The van der Waals surface area contributed by atoms with Crippen molar-refractivity contribution >= 4 is 23.2 Å². The van der Waals surface area contributed by atoms with Crippen LogP contribution in [0.25, 0.3) is 0 Å². The van der Waals surface area contributed by atoms with Crippen molar-refractivity contribution in [3.8, 4) is 0 Å². The monoisotopic (exact) mass is 294 g/mol. The van der Waals surface area contributed by atoms with Gasteiger partial charge < -0.3 is 11.1 Å². The van der Waals surface area contributed by atoms with Crippen molar-refractivity contribution in [2.75, 3.05) is 12.3 Å². The number of rotatable bonds is 4. The second-order valence-corrected chi connectivity index (χ2v) is 6.33. The molecular formula is C16H23ClN2O. The number of carbonyl (C=O) groups excluding carboxylic acids is 1. The van der Waals surface area contributed by atoms with Crippen molar-refractivity contribution in [2.24, 2.45) is 11.8 Å². The summed E-state index contributed by atoms with van der Waals surface area (Å²) in [6.45, 7) is 3.04. The molecule has 0 saturated heterocycles. The summed E-state index contributed by atoms with van der Waals surface area (Å²) < 4.78 is 0. The molecule has 110 valence electrons. The van der Waals surface area contributed by atoms with Crippen LogP contribution >= 0.6 is 11.6 Å². The number of halogens is 1. The summed E-state index contributed by atoms with van der Waals surface area (Å²) in [5, 5.41) is 3.37. The molecule has 1 aliphatic rings. The van der Waals surface area contributed by atoms with Gasteiger partial charge in [0.1, 0.15) is 0 Å². The zero-order valence-corrected chi connectivity index (χ0v) is 12.7. The van der Waals surface area contributed by atoms with Crippen LogP contribution in [0, 0.1) is 11.8 Å². The molecule has 0 aliphatic heterocycles. The Kier molecular flexibility index (Phi) is 5.30. The Balaban J connectivity index is 1.80. The molecule has 3 N–H and O–H groups in total. The lowest BCUT2D eigenvalue weighted by Crippen LogP contribution is -2.27. The fourth-order valence-corrected chi connectivity index (χ4v) is 3.30. The lowest BCUT2D eigenvalue weighted by atomic mass is 9.81. The van der Waals surface area contributed by atoms with E-state index in [4.69, 9.17) is 17.3 Å². The molecule has 1 aromatic carbocycles. The highest BCUT2D eigenvalue weighted by atomic mass is 35.5. The van der Waals surface area contributed by atoms with Gasteiger partial charge in [-0.05, 0) is 42.9 Å². The first-order valence-electron chi connectivity index (χ1n) is 7.39. The molecule has 1 saturated carbocycles. The second-order valence-electron chi connectivity index (χ2n) is 5.92. The Bertz CT molecular complexity index is 476. The third-order valence-corrected chi connectivity index (χ3v) is 4.43. The largest absolute Gasteiger partial charge is 0.399 e. The van der Waals surface area contributed by atoms with Crippen LogP contribution < -0.4 is 11.1 Å². The molecule has 1 aromatic rings. The number of hydrogen-bond donors (Lipinski definition) is 2. The normalized spacial score (nSPS) is 22.5. The SMILES string of the molecule is CC1CCCC(CCNC(=O)c2ccc(N)cc2Cl)C1. The summed E-state index contributed by atoms with van der Waals surface area (Å²) in [4.78, 5) is 12.0. The average Bonchev–Trinajstić information content (AvgIpc) is 2.38. The van der Waals surface area contributed by atoms with E-state index in [0.717, 1.165) is 24.8 Å². The van der Waals surface area contributed by atoms with E-state index in [1.807, 2.05) is 0 Å². The van der Waals surface area contributed by atoms with Crippen LogP contribution in [0.1, 0.15) is 49.4 Å². The Hall–Kier alpha value is -1.22. The van der Waals surface area contributed by atoms with Gasteiger partial charge in [-0.3, -0.25) is 4.79 Å². The predicted octanol–water partition coefficient (Wildman–Crippen LogP) is 3.87. The van der Waals surface area contributed by atoms with Crippen molar-refractivity contribution in [3.63, 3.8) is 0 Å². The van der Waals surface area contributed by atoms with E-state index >= 15 is 0 Å². The van der Waals surface area contributed by atoms with Gasteiger partial charge in [-0.1, -0.05) is 37.8 Å². The zero-order valence-electron chi connectivity index (χ0n) is 12.0. The van der Waals surface area contributed by atoms with Crippen molar-refractivity contribution in [1.82, 2.24) is 5.32 Å². The van der Waals surface area contributed by atoms with E-state index in [9.17, 15) is 4.79 Å². The standard InChI is InChI=1S/C16H23ClN2O/c1-11-3-2-4-12(9-11)7-8-19-16(20)14-6-5-13(18)10-15(14)17/h5-6,10-12H,2-4,7-9,18H2,1H3,(H,19,20). The van der Waals surface area contributed by atoms with E-state index in [2.05, 4.69) is 12.2 Å². The molecule has 1 fully saturated rings. The van der Waals surface area contributed by atoms with Crippen LogP contribution in [-0.4, -0.2) is 12.5 Å². The van der Waals surface area contributed by atoms with E-state index in [1.54, 1.807) is 18.2 Å². The third kappa shape index (κ3) is 4.14. The van der Waals surface area contributed by atoms with Crippen LogP contribution in [0.3, 0.4) is 0 Å². The maximum Gasteiger partial charge on any atom is 0.252 e. The van der Waals surface area contributed by atoms with Crippen molar-refractivity contribution in [1.29, 1.82) is 0 Å². The number of amides is 1. The molecule has 1 amide bonds. The molecule has 0 heterocycles. The third-order valence-electron chi connectivity index (χ3n) is 4.12. The first-order chi connectivity index (χ1) is 9.56. The van der Waals surface area contributed by atoms with Gasteiger partial charge >= 0.3 is 0 Å². The quantitative estimate of drug-likeness (QED) is 0.828. The Morgan fingerprint density at radius 2 is 2.25 bits per heavy atom. The van der Waals surface area contributed by atoms with Gasteiger partial charge in [-0.25, -0.2) is 0 Å².